The van der Waals surface area contributed by atoms with E-state index < -0.39 is 65.3 Å². The van der Waals surface area contributed by atoms with E-state index in [0.29, 0.717) is 34.1 Å². The third kappa shape index (κ3) is 9.21. The van der Waals surface area contributed by atoms with E-state index in [0.717, 1.165) is 17.0 Å². The third-order valence-corrected chi connectivity index (χ3v) is 7.15. The zero-order valence-corrected chi connectivity index (χ0v) is 27.1. The van der Waals surface area contributed by atoms with Gasteiger partial charge < -0.3 is 15.7 Å². The highest BCUT2D eigenvalue weighted by Gasteiger charge is 2.38. The van der Waals surface area contributed by atoms with E-state index in [9.17, 15) is 44.7 Å². The van der Waals surface area contributed by atoms with Crippen LogP contribution in [0.3, 0.4) is 0 Å². The summed E-state index contributed by atoms with van der Waals surface area (Å²) in [4.78, 5) is 30.4. The van der Waals surface area contributed by atoms with E-state index in [-0.39, 0.29) is 12.0 Å². The fourth-order valence-electron chi connectivity index (χ4n) is 4.91. The van der Waals surface area contributed by atoms with Crippen molar-refractivity contribution in [1.29, 1.82) is 0 Å². The summed E-state index contributed by atoms with van der Waals surface area (Å²) in [5, 5.41) is 13.6. The molecule has 5 rings (SSSR count). The number of anilines is 1. The van der Waals surface area contributed by atoms with Gasteiger partial charge in [0.15, 0.2) is 0 Å². The van der Waals surface area contributed by atoms with E-state index in [4.69, 9.17) is 5.11 Å². The number of nitrogens with zero attached hydrogens (tertiary/aromatic N) is 2. The number of carboxylic acids is 1. The number of aliphatic carboxylic acids is 1. The monoisotopic (exact) mass is 708 g/mol. The van der Waals surface area contributed by atoms with Gasteiger partial charge in [-0.05, 0) is 49.2 Å². The van der Waals surface area contributed by atoms with Gasteiger partial charge in [-0.15, -0.1) is 0 Å². The van der Waals surface area contributed by atoms with Crippen LogP contribution in [0, 0.1) is 18.6 Å². The lowest BCUT2D eigenvalue weighted by Crippen LogP contribution is -2.35. The standard InChI is InChI=1S/C20H13F3N2.C13H13F5N2O3.C2H6/c1-12-6-8-15(19-14(12)5-3-11-25-19)17-16(20(21,22)23)9-7-13-4-2-10-24-18(13)17;1-2-9(13(16,17)18)20-6-3-7(14)11(8(15)4-6)12(23)19-5-10(21)22;1-2/h2-11H,1H3;3-4,9,20H,2,5H2,1H3,(H,19,23)(H,21,22);1-2H3. The Morgan fingerprint density at radius 1 is 0.860 bits per heavy atom. The molecule has 0 bridgehead atoms. The lowest BCUT2D eigenvalue weighted by atomic mass is 9.93. The minimum Gasteiger partial charge on any atom is -0.480 e. The molecule has 266 valence electrons. The maximum absolute atomic E-state index is 13.8. The topological polar surface area (TPSA) is 104 Å². The Kier molecular flexibility index (Phi) is 12.8. The van der Waals surface area contributed by atoms with Gasteiger partial charge in [-0.3, -0.25) is 19.6 Å². The van der Waals surface area contributed by atoms with Gasteiger partial charge in [-0.1, -0.05) is 51.1 Å². The van der Waals surface area contributed by atoms with Crippen molar-refractivity contribution in [1.82, 2.24) is 15.3 Å². The van der Waals surface area contributed by atoms with Crippen LogP contribution < -0.4 is 10.6 Å². The van der Waals surface area contributed by atoms with Crippen LogP contribution in [0.25, 0.3) is 32.9 Å². The van der Waals surface area contributed by atoms with Crippen molar-refractivity contribution < 1.29 is 49.8 Å². The number of aryl methyl sites for hydroxylation is 1. The predicted molar refractivity (Wildman–Crippen MR) is 174 cm³/mol. The molecule has 0 radical (unpaired) electrons. The number of hydrogen-bond donors (Lipinski definition) is 3. The number of carbonyl (C=O) groups excluding carboxylic acids is 1. The number of hydrogen-bond acceptors (Lipinski definition) is 5. The Labute approximate surface area is 281 Å². The van der Waals surface area contributed by atoms with Crippen LogP contribution in [-0.4, -0.2) is 45.7 Å². The summed E-state index contributed by atoms with van der Waals surface area (Å²) in [5.74, 6) is -5.56. The first-order valence-electron chi connectivity index (χ1n) is 15.1. The molecule has 0 aliphatic rings. The van der Waals surface area contributed by atoms with Crippen molar-refractivity contribution in [3.05, 3.63) is 101 Å². The van der Waals surface area contributed by atoms with E-state index in [1.807, 2.05) is 38.2 Å². The number of nitrogens with one attached hydrogen (secondary N) is 2. The van der Waals surface area contributed by atoms with Gasteiger partial charge in [0, 0.05) is 40.0 Å². The Balaban J connectivity index is 0.000000259. The van der Waals surface area contributed by atoms with Crippen molar-refractivity contribution in [2.24, 2.45) is 0 Å². The zero-order chi connectivity index (χ0) is 37.4. The van der Waals surface area contributed by atoms with Gasteiger partial charge >= 0.3 is 18.3 Å². The van der Waals surface area contributed by atoms with Crippen molar-refractivity contribution in [2.45, 2.75) is 52.5 Å². The first-order chi connectivity index (χ1) is 23.5. The Morgan fingerprint density at radius 2 is 1.46 bits per heavy atom. The highest BCUT2D eigenvalue weighted by molar-refractivity contribution is 6.04. The van der Waals surface area contributed by atoms with Gasteiger partial charge in [0.05, 0.1) is 16.6 Å². The largest absolute Gasteiger partial charge is 0.480 e. The minimum atomic E-state index is -4.61. The minimum absolute atomic E-state index is 0.0781. The number of carbonyl (C=O) groups is 2. The molecule has 0 spiro atoms. The molecule has 50 heavy (non-hydrogen) atoms. The summed E-state index contributed by atoms with van der Waals surface area (Å²) in [5.41, 5.74) is 0.102. The molecule has 1 atom stereocenters. The summed E-state index contributed by atoms with van der Waals surface area (Å²) in [7, 11) is 0. The zero-order valence-electron chi connectivity index (χ0n) is 27.1. The first kappa shape index (κ1) is 39.1. The molecule has 7 nitrogen and oxygen atoms in total. The molecule has 1 unspecified atom stereocenters. The molecular weight excluding hydrogens is 676 g/mol. The van der Waals surface area contributed by atoms with Crippen LogP contribution in [0.15, 0.2) is 73.1 Å². The normalized spacial score (nSPS) is 11.9. The maximum atomic E-state index is 13.8. The van der Waals surface area contributed by atoms with Crippen molar-refractivity contribution >= 4 is 39.4 Å². The first-order valence-corrected chi connectivity index (χ1v) is 15.1. The van der Waals surface area contributed by atoms with Gasteiger partial charge in [0.1, 0.15) is 29.8 Å². The molecule has 2 heterocycles. The van der Waals surface area contributed by atoms with Gasteiger partial charge in [-0.2, -0.15) is 26.3 Å². The summed E-state index contributed by atoms with van der Waals surface area (Å²) < 4.78 is 106. The van der Waals surface area contributed by atoms with E-state index in [2.05, 4.69) is 9.97 Å². The Bertz CT molecular complexity index is 1960. The second kappa shape index (κ2) is 16.4. The van der Waals surface area contributed by atoms with Crippen molar-refractivity contribution in [3.63, 3.8) is 0 Å². The van der Waals surface area contributed by atoms with E-state index in [1.165, 1.54) is 19.2 Å². The average molecular weight is 709 g/mol. The van der Waals surface area contributed by atoms with Crippen LogP contribution in [0.5, 0.6) is 0 Å². The molecule has 0 fully saturated rings. The third-order valence-electron chi connectivity index (χ3n) is 7.15. The number of aromatic nitrogens is 2. The lowest BCUT2D eigenvalue weighted by Gasteiger charge is -2.21. The summed E-state index contributed by atoms with van der Waals surface area (Å²) in [6.45, 7) is 6.30. The second-order valence-electron chi connectivity index (χ2n) is 10.4. The van der Waals surface area contributed by atoms with Crippen LogP contribution in [-0.2, 0) is 11.0 Å². The molecule has 3 aromatic carbocycles. The number of carboxylic acid groups (broad SMARTS) is 1. The molecular formula is C35H32F8N4O3. The van der Waals surface area contributed by atoms with Crippen molar-refractivity contribution in [2.75, 3.05) is 11.9 Å². The molecule has 1 amide bonds. The average Bonchev–Trinajstić information content (AvgIpc) is 3.06. The molecule has 0 aliphatic carbocycles. The fraction of sp³-hybridized carbons (Fsp3) is 0.257. The molecule has 15 heteroatoms. The summed E-state index contributed by atoms with van der Waals surface area (Å²) in [6, 6.07) is 12.3. The number of amides is 1. The van der Waals surface area contributed by atoms with Crippen LogP contribution in [0.2, 0.25) is 0 Å². The van der Waals surface area contributed by atoms with E-state index >= 15 is 0 Å². The highest BCUT2D eigenvalue weighted by atomic mass is 19.4. The van der Waals surface area contributed by atoms with Crippen molar-refractivity contribution in [3.8, 4) is 11.1 Å². The SMILES string of the molecule is CC.CCC(Nc1cc(F)c(C(=O)NCC(=O)O)c(F)c1)C(F)(F)F.Cc1ccc(-c2c(C(F)(F)F)ccc3cccnc23)c2ncccc12. The summed E-state index contributed by atoms with van der Waals surface area (Å²) in [6.07, 6.45) is -6.35. The number of halogens is 8. The van der Waals surface area contributed by atoms with Gasteiger partial charge in [0.25, 0.3) is 5.91 Å². The van der Waals surface area contributed by atoms with Crippen LogP contribution in [0.1, 0.15) is 48.7 Å². The molecule has 3 N–H and O–H groups in total. The number of pyridine rings is 2. The number of alkyl halides is 6. The second-order valence-corrected chi connectivity index (χ2v) is 10.4. The molecule has 0 aliphatic heterocycles. The Hall–Kier alpha value is -5.34. The predicted octanol–water partition coefficient (Wildman–Crippen LogP) is 9.34. The molecule has 0 saturated heterocycles. The highest BCUT2D eigenvalue weighted by Crippen LogP contribution is 2.42. The Morgan fingerprint density at radius 3 is 2.02 bits per heavy atom. The maximum Gasteiger partial charge on any atom is 0.417 e. The fourth-order valence-corrected chi connectivity index (χ4v) is 4.91. The van der Waals surface area contributed by atoms with Crippen LogP contribution in [0.4, 0.5) is 40.8 Å². The number of benzene rings is 3. The number of rotatable bonds is 7. The smallest absolute Gasteiger partial charge is 0.417 e. The van der Waals surface area contributed by atoms with E-state index in [1.54, 1.807) is 35.8 Å². The molecule has 0 saturated carbocycles. The van der Waals surface area contributed by atoms with Crippen LogP contribution >= 0.6 is 0 Å². The van der Waals surface area contributed by atoms with Gasteiger partial charge in [0.2, 0.25) is 0 Å². The number of fused-ring (bicyclic) bond motifs is 2. The summed E-state index contributed by atoms with van der Waals surface area (Å²) >= 11 is 0. The molecule has 2 aromatic heterocycles. The molecule has 5 aromatic rings. The van der Waals surface area contributed by atoms with Gasteiger partial charge in [-0.25, -0.2) is 8.78 Å². The quantitative estimate of drug-likeness (QED) is 0.146. The lowest BCUT2D eigenvalue weighted by molar-refractivity contribution is -0.143.